The lowest BCUT2D eigenvalue weighted by Crippen LogP contribution is -2.25. The Morgan fingerprint density at radius 2 is 0.867 bits per heavy atom. The molecule has 0 radical (unpaired) electrons. The van der Waals surface area contributed by atoms with Crippen LogP contribution in [0.15, 0.2) is 84.9 Å². The molecule has 0 bridgehead atoms. The second-order valence-corrected chi connectivity index (χ2v) is 13.8. The van der Waals surface area contributed by atoms with E-state index >= 15 is 0 Å². The van der Waals surface area contributed by atoms with Crippen LogP contribution in [-0.4, -0.2) is 0 Å². The van der Waals surface area contributed by atoms with E-state index in [0.29, 0.717) is 11.8 Å². The summed E-state index contributed by atoms with van der Waals surface area (Å²) < 4.78 is 13.1. The number of hydrogen-bond acceptors (Lipinski definition) is 4. The second-order valence-electron chi connectivity index (χ2n) is 13.8. The maximum atomic E-state index is 6.57. The number of hydrogen-bond donors (Lipinski definition) is 2. The average molecular weight is 601 g/mol. The van der Waals surface area contributed by atoms with Gasteiger partial charge in [0.05, 0.1) is 0 Å². The standard InChI is InChI=1S/C41H48N2O2/c42-33-15-19-35(20-16-33)44-39-23-13-31(27-37(39)29-9-3-1-4-10-29)41(25-7-8-26-41)32-14-24-40(45-36-21-17-34(43)18-22-36)38(28-32)30-11-5-2-6-12-30/h13-24,27-30H,1-12,25-26,42-43H2. The zero-order valence-corrected chi connectivity index (χ0v) is 26.6. The maximum absolute atomic E-state index is 6.57. The highest BCUT2D eigenvalue weighted by Crippen LogP contribution is 2.51. The average Bonchev–Trinajstić information content (AvgIpc) is 3.59. The first-order valence-corrected chi connectivity index (χ1v) is 17.4. The van der Waals surface area contributed by atoms with Crippen molar-refractivity contribution in [2.24, 2.45) is 0 Å². The Balaban J connectivity index is 1.28. The van der Waals surface area contributed by atoms with Gasteiger partial charge in [0.15, 0.2) is 0 Å². The molecule has 0 unspecified atom stereocenters. The van der Waals surface area contributed by atoms with Gasteiger partial charge in [-0.1, -0.05) is 75.6 Å². The van der Waals surface area contributed by atoms with E-state index in [1.54, 1.807) is 0 Å². The topological polar surface area (TPSA) is 70.5 Å². The van der Waals surface area contributed by atoms with Crippen molar-refractivity contribution < 1.29 is 9.47 Å². The van der Waals surface area contributed by atoms with Gasteiger partial charge in [-0.15, -0.1) is 0 Å². The maximum Gasteiger partial charge on any atom is 0.130 e. The number of rotatable bonds is 8. The molecule has 3 fully saturated rings. The predicted octanol–water partition coefficient (Wildman–Crippen LogP) is 11.4. The fourth-order valence-electron chi connectivity index (χ4n) is 8.39. The molecule has 4 aromatic rings. The normalized spacial score (nSPS) is 18.9. The molecule has 4 aromatic carbocycles. The molecule has 4 nitrogen and oxygen atoms in total. The molecule has 3 aliphatic rings. The number of benzene rings is 4. The quantitative estimate of drug-likeness (QED) is 0.197. The zero-order chi connectivity index (χ0) is 30.6. The molecule has 0 aliphatic heterocycles. The molecule has 0 aromatic heterocycles. The van der Waals surface area contributed by atoms with Gasteiger partial charge < -0.3 is 20.9 Å². The third-order valence-electron chi connectivity index (χ3n) is 10.9. The van der Waals surface area contributed by atoms with Crippen molar-refractivity contribution in [1.82, 2.24) is 0 Å². The number of ether oxygens (including phenoxy) is 2. The summed E-state index contributed by atoms with van der Waals surface area (Å²) in [6.45, 7) is 0. The molecule has 3 aliphatic carbocycles. The van der Waals surface area contributed by atoms with E-state index in [-0.39, 0.29) is 5.41 Å². The molecule has 4 N–H and O–H groups in total. The first kappa shape index (κ1) is 29.8. The van der Waals surface area contributed by atoms with Crippen molar-refractivity contribution in [2.75, 3.05) is 11.5 Å². The lowest BCUT2D eigenvalue weighted by molar-refractivity contribution is 0.415. The molecule has 4 heteroatoms. The molecule has 0 heterocycles. The third kappa shape index (κ3) is 6.43. The highest BCUT2D eigenvalue weighted by Gasteiger charge is 2.39. The smallest absolute Gasteiger partial charge is 0.130 e. The van der Waals surface area contributed by atoms with Crippen LogP contribution in [-0.2, 0) is 5.41 Å². The summed E-state index contributed by atoms with van der Waals surface area (Å²) in [7, 11) is 0. The third-order valence-corrected chi connectivity index (χ3v) is 10.9. The van der Waals surface area contributed by atoms with Gasteiger partial charge in [0.1, 0.15) is 23.0 Å². The largest absolute Gasteiger partial charge is 0.457 e. The van der Waals surface area contributed by atoms with Gasteiger partial charge >= 0.3 is 0 Å². The van der Waals surface area contributed by atoms with Crippen molar-refractivity contribution in [2.45, 2.75) is 107 Å². The van der Waals surface area contributed by atoms with Crippen LogP contribution >= 0.6 is 0 Å². The van der Waals surface area contributed by atoms with Crippen LogP contribution in [0.25, 0.3) is 0 Å². The molecule has 234 valence electrons. The van der Waals surface area contributed by atoms with Crippen LogP contribution < -0.4 is 20.9 Å². The van der Waals surface area contributed by atoms with Crippen LogP contribution in [0, 0.1) is 0 Å². The first-order chi connectivity index (χ1) is 22.1. The van der Waals surface area contributed by atoms with Crippen LogP contribution in [0.3, 0.4) is 0 Å². The fraction of sp³-hybridized carbons (Fsp3) is 0.415. The Kier molecular flexibility index (Phi) is 8.74. The van der Waals surface area contributed by atoms with Gasteiger partial charge in [-0.3, -0.25) is 0 Å². The summed E-state index contributed by atoms with van der Waals surface area (Å²) >= 11 is 0. The molecule has 7 rings (SSSR count). The molecular formula is C41H48N2O2. The first-order valence-electron chi connectivity index (χ1n) is 17.4. The Bertz CT molecular complexity index is 1460. The lowest BCUT2D eigenvalue weighted by atomic mass is 9.70. The van der Waals surface area contributed by atoms with E-state index in [9.17, 15) is 0 Å². The molecule has 45 heavy (non-hydrogen) atoms. The van der Waals surface area contributed by atoms with Crippen molar-refractivity contribution in [3.05, 3.63) is 107 Å². The number of nitrogen functional groups attached to an aromatic ring is 2. The van der Waals surface area contributed by atoms with Gasteiger partial charge in [-0.05, 0) is 133 Å². The van der Waals surface area contributed by atoms with E-state index in [2.05, 4.69) is 36.4 Å². The molecule has 3 saturated carbocycles. The van der Waals surface area contributed by atoms with Gasteiger partial charge in [0, 0.05) is 16.8 Å². The SMILES string of the molecule is Nc1ccc(Oc2ccc(C3(c4ccc(Oc5ccc(N)cc5)c(C5CCCCC5)c4)CCCC3)cc2C2CCCCC2)cc1. The minimum absolute atomic E-state index is 0.00624. The monoisotopic (exact) mass is 600 g/mol. The van der Waals surface area contributed by atoms with E-state index in [0.717, 1.165) is 34.4 Å². The molecule has 0 saturated heterocycles. The Morgan fingerprint density at radius 1 is 0.467 bits per heavy atom. The molecule has 0 amide bonds. The van der Waals surface area contributed by atoms with E-state index in [1.807, 2.05) is 48.5 Å². The summed E-state index contributed by atoms with van der Waals surface area (Å²) in [6.07, 6.45) is 17.6. The van der Waals surface area contributed by atoms with Crippen molar-refractivity contribution in [1.29, 1.82) is 0 Å². The summed E-state index contributed by atoms with van der Waals surface area (Å²) in [5.41, 5.74) is 19.1. The Hall–Kier alpha value is -3.92. The second kappa shape index (κ2) is 13.2. The Labute approximate surface area is 269 Å². The van der Waals surface area contributed by atoms with Gasteiger partial charge in [-0.25, -0.2) is 0 Å². The molecule has 0 spiro atoms. The van der Waals surface area contributed by atoms with Crippen molar-refractivity contribution in [3.63, 3.8) is 0 Å². The highest BCUT2D eigenvalue weighted by molar-refractivity contribution is 5.53. The lowest BCUT2D eigenvalue weighted by Gasteiger charge is -2.34. The van der Waals surface area contributed by atoms with Crippen molar-refractivity contribution >= 4 is 11.4 Å². The number of anilines is 2. The van der Waals surface area contributed by atoms with Crippen LogP contribution in [0.5, 0.6) is 23.0 Å². The minimum Gasteiger partial charge on any atom is -0.457 e. The van der Waals surface area contributed by atoms with Crippen LogP contribution in [0.2, 0.25) is 0 Å². The van der Waals surface area contributed by atoms with Crippen LogP contribution in [0.4, 0.5) is 11.4 Å². The van der Waals surface area contributed by atoms with E-state index in [4.69, 9.17) is 20.9 Å². The number of nitrogens with two attached hydrogens (primary N) is 2. The Morgan fingerprint density at radius 3 is 1.27 bits per heavy atom. The summed E-state index contributed by atoms with van der Waals surface area (Å²) in [4.78, 5) is 0. The van der Waals surface area contributed by atoms with E-state index in [1.165, 1.54) is 112 Å². The van der Waals surface area contributed by atoms with Gasteiger partial charge in [0.25, 0.3) is 0 Å². The molecular weight excluding hydrogens is 552 g/mol. The van der Waals surface area contributed by atoms with Crippen molar-refractivity contribution in [3.8, 4) is 23.0 Å². The predicted molar refractivity (Wildman–Crippen MR) is 186 cm³/mol. The summed E-state index contributed by atoms with van der Waals surface area (Å²) in [5, 5.41) is 0. The summed E-state index contributed by atoms with van der Waals surface area (Å²) in [6, 6.07) is 29.9. The fourth-order valence-corrected chi connectivity index (χ4v) is 8.39. The minimum atomic E-state index is 0.00624. The van der Waals surface area contributed by atoms with Gasteiger partial charge in [0.2, 0.25) is 0 Å². The zero-order valence-electron chi connectivity index (χ0n) is 26.6. The van der Waals surface area contributed by atoms with E-state index < -0.39 is 0 Å². The highest BCUT2D eigenvalue weighted by atomic mass is 16.5. The summed E-state index contributed by atoms with van der Waals surface area (Å²) in [5.74, 6) is 4.76. The van der Waals surface area contributed by atoms with Gasteiger partial charge in [-0.2, -0.15) is 0 Å². The molecule has 0 atom stereocenters. The van der Waals surface area contributed by atoms with Crippen LogP contribution in [0.1, 0.15) is 124 Å².